The molecular weight excluding hydrogens is 356 g/mol. The van der Waals surface area contributed by atoms with Crippen LogP contribution in [-0.2, 0) is 4.79 Å². The monoisotopic (exact) mass is 374 g/mol. The van der Waals surface area contributed by atoms with Gasteiger partial charge in [0.15, 0.2) is 0 Å². The number of nitrogens with zero attached hydrogens (tertiary/aromatic N) is 2. The normalized spacial score (nSPS) is 10.8. The van der Waals surface area contributed by atoms with Gasteiger partial charge in [0, 0.05) is 23.8 Å². The Morgan fingerprint density at radius 3 is 2.68 bits per heavy atom. The van der Waals surface area contributed by atoms with Gasteiger partial charge in [-0.25, -0.2) is 0 Å². The zero-order valence-electron chi connectivity index (χ0n) is 15.4. The van der Waals surface area contributed by atoms with E-state index in [0.29, 0.717) is 22.9 Å². The molecule has 140 valence electrons. The number of nitriles is 1. The minimum atomic E-state index is -0.574. The Balaban J connectivity index is 1.83. The van der Waals surface area contributed by atoms with Crippen molar-refractivity contribution < 1.29 is 14.3 Å². The Labute approximate surface area is 162 Å². The molecule has 7 nitrogen and oxygen atoms in total. The lowest BCUT2D eigenvalue weighted by molar-refractivity contribution is -0.112. The molecule has 2 N–H and O–H groups in total. The molecule has 0 aliphatic heterocycles. The highest BCUT2D eigenvalue weighted by Crippen LogP contribution is 2.29. The van der Waals surface area contributed by atoms with Crippen molar-refractivity contribution in [2.45, 2.75) is 0 Å². The number of carbonyl (C=O) groups is 1. The standard InChI is InChI=1S/C21H18N4O3/c1-27-16-8-9-19(28-2)18(11-16)25-21(26)15(12-22)13-24-17-7-3-5-14-6-4-10-23-20(14)17/h3-11,13,24H,1-2H3,(H,25,26)/b15-13-. The van der Waals surface area contributed by atoms with Crippen LogP contribution in [0.15, 0.2) is 66.5 Å². The lowest BCUT2D eigenvalue weighted by Crippen LogP contribution is -2.15. The lowest BCUT2D eigenvalue weighted by atomic mass is 10.2. The fraction of sp³-hybridized carbons (Fsp3) is 0.0952. The van der Waals surface area contributed by atoms with Crippen LogP contribution in [0.25, 0.3) is 10.9 Å². The molecule has 0 aliphatic carbocycles. The van der Waals surface area contributed by atoms with Gasteiger partial charge in [0.05, 0.1) is 31.1 Å². The van der Waals surface area contributed by atoms with Crippen LogP contribution in [0, 0.1) is 11.3 Å². The Kier molecular flexibility index (Phi) is 5.72. The number of hydrogen-bond acceptors (Lipinski definition) is 6. The summed E-state index contributed by atoms with van der Waals surface area (Å²) in [6, 6.07) is 16.3. The van der Waals surface area contributed by atoms with Gasteiger partial charge in [-0.15, -0.1) is 0 Å². The summed E-state index contributed by atoms with van der Waals surface area (Å²) in [5.41, 5.74) is 1.74. The first-order valence-corrected chi connectivity index (χ1v) is 8.40. The number of aromatic nitrogens is 1. The summed E-state index contributed by atoms with van der Waals surface area (Å²) in [5, 5.41) is 16.0. The molecule has 7 heteroatoms. The summed E-state index contributed by atoms with van der Waals surface area (Å²) >= 11 is 0. The van der Waals surface area contributed by atoms with E-state index in [0.717, 1.165) is 10.9 Å². The molecule has 0 saturated carbocycles. The molecule has 2 aromatic carbocycles. The van der Waals surface area contributed by atoms with Crippen LogP contribution in [-0.4, -0.2) is 25.1 Å². The van der Waals surface area contributed by atoms with Gasteiger partial charge in [-0.1, -0.05) is 18.2 Å². The molecule has 0 bridgehead atoms. The number of carbonyl (C=O) groups excluding carboxylic acids is 1. The summed E-state index contributed by atoms with van der Waals surface area (Å²) in [6.07, 6.45) is 3.04. The molecule has 0 atom stereocenters. The van der Waals surface area contributed by atoms with Crippen molar-refractivity contribution in [3.05, 3.63) is 66.5 Å². The minimum absolute atomic E-state index is 0.0993. The molecule has 0 fully saturated rings. The highest BCUT2D eigenvalue weighted by atomic mass is 16.5. The third-order valence-corrected chi connectivity index (χ3v) is 4.02. The van der Waals surface area contributed by atoms with E-state index in [-0.39, 0.29) is 5.57 Å². The van der Waals surface area contributed by atoms with Crippen LogP contribution in [0.5, 0.6) is 11.5 Å². The van der Waals surface area contributed by atoms with Crippen LogP contribution in [0.4, 0.5) is 11.4 Å². The topological polar surface area (TPSA) is 96.3 Å². The first-order chi connectivity index (χ1) is 13.7. The average molecular weight is 374 g/mol. The number of para-hydroxylation sites is 1. The zero-order valence-corrected chi connectivity index (χ0v) is 15.4. The predicted molar refractivity (Wildman–Crippen MR) is 107 cm³/mol. The first-order valence-electron chi connectivity index (χ1n) is 8.40. The number of anilines is 2. The molecule has 0 unspecified atom stereocenters. The minimum Gasteiger partial charge on any atom is -0.497 e. The van der Waals surface area contributed by atoms with E-state index in [1.54, 1.807) is 24.4 Å². The van der Waals surface area contributed by atoms with E-state index >= 15 is 0 Å². The summed E-state index contributed by atoms with van der Waals surface area (Å²) < 4.78 is 10.4. The smallest absolute Gasteiger partial charge is 0.267 e. The van der Waals surface area contributed by atoms with Crippen LogP contribution in [0.1, 0.15) is 0 Å². The lowest BCUT2D eigenvalue weighted by Gasteiger charge is -2.11. The van der Waals surface area contributed by atoms with Gasteiger partial charge < -0.3 is 20.1 Å². The van der Waals surface area contributed by atoms with Crippen molar-refractivity contribution in [3.8, 4) is 17.6 Å². The fourth-order valence-corrected chi connectivity index (χ4v) is 2.62. The summed E-state index contributed by atoms with van der Waals surface area (Å²) in [5.74, 6) is 0.436. The molecule has 1 heterocycles. The van der Waals surface area contributed by atoms with Crippen molar-refractivity contribution in [2.24, 2.45) is 0 Å². The number of amides is 1. The van der Waals surface area contributed by atoms with E-state index in [4.69, 9.17) is 9.47 Å². The summed E-state index contributed by atoms with van der Waals surface area (Å²) in [7, 11) is 3.02. The second kappa shape index (κ2) is 8.56. The average Bonchev–Trinajstić information content (AvgIpc) is 2.74. The number of fused-ring (bicyclic) bond motifs is 1. The maximum atomic E-state index is 12.5. The quantitative estimate of drug-likeness (QED) is 0.504. The largest absolute Gasteiger partial charge is 0.497 e. The zero-order chi connectivity index (χ0) is 19.9. The summed E-state index contributed by atoms with van der Waals surface area (Å²) in [4.78, 5) is 16.9. The van der Waals surface area contributed by atoms with Gasteiger partial charge in [0.25, 0.3) is 5.91 Å². The molecule has 0 radical (unpaired) electrons. The maximum absolute atomic E-state index is 12.5. The van der Waals surface area contributed by atoms with Crippen molar-refractivity contribution in [1.29, 1.82) is 5.26 Å². The van der Waals surface area contributed by atoms with Gasteiger partial charge in [0.1, 0.15) is 23.1 Å². The molecule has 1 amide bonds. The van der Waals surface area contributed by atoms with Crippen LogP contribution in [0.2, 0.25) is 0 Å². The van der Waals surface area contributed by atoms with Crippen LogP contribution in [0.3, 0.4) is 0 Å². The summed E-state index contributed by atoms with van der Waals surface area (Å²) in [6.45, 7) is 0. The molecule has 0 saturated heterocycles. The Bertz CT molecular complexity index is 1080. The highest BCUT2D eigenvalue weighted by Gasteiger charge is 2.13. The Morgan fingerprint density at radius 2 is 1.93 bits per heavy atom. The predicted octanol–water partition coefficient (Wildman–Crippen LogP) is 3.71. The Hall–Kier alpha value is -4.05. The Morgan fingerprint density at radius 1 is 1.11 bits per heavy atom. The number of benzene rings is 2. The first kappa shape index (κ1) is 18.7. The number of methoxy groups -OCH3 is 2. The maximum Gasteiger partial charge on any atom is 0.267 e. The highest BCUT2D eigenvalue weighted by molar-refractivity contribution is 6.07. The van der Waals surface area contributed by atoms with Crippen LogP contribution >= 0.6 is 0 Å². The van der Waals surface area contributed by atoms with E-state index in [2.05, 4.69) is 15.6 Å². The number of hydrogen-bond donors (Lipinski definition) is 2. The number of rotatable bonds is 6. The van der Waals surface area contributed by atoms with Gasteiger partial charge in [-0.3, -0.25) is 9.78 Å². The second-order valence-electron chi connectivity index (χ2n) is 5.72. The van der Waals surface area contributed by atoms with Gasteiger partial charge in [-0.05, 0) is 24.3 Å². The molecule has 3 aromatic rings. The van der Waals surface area contributed by atoms with Gasteiger partial charge in [-0.2, -0.15) is 5.26 Å². The van der Waals surface area contributed by atoms with Gasteiger partial charge in [0.2, 0.25) is 0 Å². The second-order valence-corrected chi connectivity index (χ2v) is 5.72. The van der Waals surface area contributed by atoms with E-state index < -0.39 is 5.91 Å². The molecule has 3 rings (SSSR count). The third kappa shape index (κ3) is 4.02. The fourth-order valence-electron chi connectivity index (χ4n) is 2.62. The molecule has 28 heavy (non-hydrogen) atoms. The molecule has 0 spiro atoms. The number of nitrogens with one attached hydrogen (secondary N) is 2. The SMILES string of the molecule is COc1ccc(OC)c(NC(=O)/C(C#N)=C\Nc2cccc3cccnc23)c1. The van der Waals surface area contributed by atoms with E-state index in [1.165, 1.54) is 20.4 Å². The number of ether oxygens (including phenoxy) is 2. The third-order valence-electron chi connectivity index (χ3n) is 4.02. The van der Waals surface area contributed by atoms with Crippen molar-refractivity contribution in [1.82, 2.24) is 4.98 Å². The van der Waals surface area contributed by atoms with E-state index in [1.807, 2.05) is 36.4 Å². The van der Waals surface area contributed by atoms with E-state index in [9.17, 15) is 10.1 Å². The molecular formula is C21H18N4O3. The molecule has 0 aliphatic rings. The number of pyridine rings is 1. The van der Waals surface area contributed by atoms with Crippen molar-refractivity contribution >= 4 is 28.2 Å². The van der Waals surface area contributed by atoms with Crippen LogP contribution < -0.4 is 20.1 Å². The molecule has 1 aromatic heterocycles. The van der Waals surface area contributed by atoms with Crippen molar-refractivity contribution in [3.63, 3.8) is 0 Å². The van der Waals surface area contributed by atoms with Gasteiger partial charge >= 0.3 is 0 Å². The van der Waals surface area contributed by atoms with Crippen molar-refractivity contribution in [2.75, 3.05) is 24.9 Å².